The lowest BCUT2D eigenvalue weighted by molar-refractivity contribution is -0.129. The van der Waals surface area contributed by atoms with Crippen molar-refractivity contribution in [2.45, 2.75) is 25.3 Å². The Morgan fingerprint density at radius 1 is 1.27 bits per heavy atom. The number of carbonyl (C=O) groups excluding carboxylic acids is 1. The summed E-state index contributed by atoms with van der Waals surface area (Å²) < 4.78 is 1.80. The van der Waals surface area contributed by atoms with Gasteiger partial charge in [0.05, 0.1) is 12.2 Å². The van der Waals surface area contributed by atoms with Gasteiger partial charge in [-0.2, -0.15) is 5.10 Å². The number of aromatic nitrogens is 2. The third-order valence-corrected chi connectivity index (χ3v) is 4.11. The molecule has 4 heteroatoms. The highest BCUT2D eigenvalue weighted by molar-refractivity contribution is 5.92. The van der Waals surface area contributed by atoms with Crippen LogP contribution in [0.15, 0.2) is 48.8 Å². The van der Waals surface area contributed by atoms with E-state index in [-0.39, 0.29) is 11.9 Å². The lowest BCUT2D eigenvalue weighted by Crippen LogP contribution is -2.37. The largest absolute Gasteiger partial charge is 0.332 e. The quantitative estimate of drug-likeness (QED) is 0.816. The van der Waals surface area contributed by atoms with Crippen molar-refractivity contribution in [1.29, 1.82) is 0 Å². The molecule has 0 bridgehead atoms. The van der Waals surface area contributed by atoms with Crippen molar-refractivity contribution < 1.29 is 4.79 Å². The minimum absolute atomic E-state index is 0.0809. The summed E-state index contributed by atoms with van der Waals surface area (Å²) in [6, 6.07) is 10.1. The molecule has 1 aromatic carbocycles. The van der Waals surface area contributed by atoms with E-state index in [0.717, 1.165) is 36.9 Å². The van der Waals surface area contributed by atoms with E-state index in [1.54, 1.807) is 10.8 Å². The average Bonchev–Trinajstić information content (AvgIpc) is 3.00. The molecule has 114 valence electrons. The predicted molar refractivity (Wildman–Crippen MR) is 87.0 cm³/mol. The summed E-state index contributed by atoms with van der Waals surface area (Å²) >= 11 is 0. The van der Waals surface area contributed by atoms with E-state index >= 15 is 0 Å². The molecule has 1 aliphatic rings. The monoisotopic (exact) mass is 295 g/mol. The number of likely N-dealkylation sites (tertiary alicyclic amines) is 1. The van der Waals surface area contributed by atoms with Crippen LogP contribution in [0.1, 0.15) is 36.4 Å². The number of piperidine rings is 1. The van der Waals surface area contributed by atoms with Crippen LogP contribution < -0.4 is 0 Å². The summed E-state index contributed by atoms with van der Waals surface area (Å²) in [7, 11) is 1.91. The highest BCUT2D eigenvalue weighted by Gasteiger charge is 2.27. The van der Waals surface area contributed by atoms with E-state index in [1.807, 2.05) is 60.7 Å². The fraction of sp³-hybridized carbons (Fsp3) is 0.333. The normalized spacial score (nSPS) is 18.8. The Labute approximate surface area is 131 Å². The Hall–Kier alpha value is -2.36. The minimum atomic E-state index is 0.0809. The smallest absolute Gasteiger partial charge is 0.247 e. The van der Waals surface area contributed by atoms with E-state index in [0.29, 0.717) is 0 Å². The topological polar surface area (TPSA) is 38.1 Å². The molecule has 0 spiro atoms. The number of amides is 1. The van der Waals surface area contributed by atoms with E-state index in [2.05, 4.69) is 5.10 Å². The van der Waals surface area contributed by atoms with Gasteiger partial charge in [0.1, 0.15) is 0 Å². The second-order valence-corrected chi connectivity index (χ2v) is 5.73. The zero-order valence-electron chi connectivity index (χ0n) is 12.9. The van der Waals surface area contributed by atoms with E-state index in [1.165, 1.54) is 0 Å². The maximum atomic E-state index is 12.6. The van der Waals surface area contributed by atoms with Crippen molar-refractivity contribution in [3.8, 4) is 0 Å². The van der Waals surface area contributed by atoms with Gasteiger partial charge in [-0.05, 0) is 30.9 Å². The third-order valence-electron chi connectivity index (χ3n) is 4.11. The summed E-state index contributed by atoms with van der Waals surface area (Å²) in [5, 5.41) is 4.24. The number of nitrogens with zero attached hydrogens (tertiary/aromatic N) is 3. The summed E-state index contributed by atoms with van der Waals surface area (Å²) in [5.41, 5.74) is 2.18. The van der Waals surface area contributed by atoms with Crippen molar-refractivity contribution in [3.63, 3.8) is 0 Å². The summed E-state index contributed by atoms with van der Waals surface area (Å²) in [6.07, 6.45) is 10.7. The van der Waals surface area contributed by atoms with Gasteiger partial charge >= 0.3 is 0 Å². The van der Waals surface area contributed by atoms with Crippen molar-refractivity contribution in [1.82, 2.24) is 14.7 Å². The molecule has 1 fully saturated rings. The van der Waals surface area contributed by atoms with E-state index < -0.39 is 0 Å². The fourth-order valence-electron chi connectivity index (χ4n) is 2.98. The lowest BCUT2D eigenvalue weighted by Gasteiger charge is -2.34. The molecule has 22 heavy (non-hydrogen) atoms. The molecule has 4 nitrogen and oxygen atoms in total. The number of benzene rings is 1. The molecule has 2 aromatic rings. The molecule has 0 N–H and O–H groups in total. The Kier molecular flexibility index (Phi) is 4.37. The Morgan fingerprint density at radius 2 is 2.09 bits per heavy atom. The first kappa shape index (κ1) is 14.6. The van der Waals surface area contributed by atoms with Crippen LogP contribution in [0.3, 0.4) is 0 Å². The molecule has 1 saturated heterocycles. The highest BCUT2D eigenvalue weighted by Crippen LogP contribution is 2.30. The van der Waals surface area contributed by atoms with Gasteiger partial charge in [-0.3, -0.25) is 9.48 Å². The Bertz CT molecular complexity index is 660. The van der Waals surface area contributed by atoms with Gasteiger partial charge in [0.25, 0.3) is 0 Å². The first-order valence-electron chi connectivity index (χ1n) is 7.76. The van der Waals surface area contributed by atoms with Crippen LogP contribution in [0, 0.1) is 0 Å². The summed E-state index contributed by atoms with van der Waals surface area (Å²) in [5.74, 6) is 0.0809. The van der Waals surface area contributed by atoms with Gasteiger partial charge < -0.3 is 4.90 Å². The molecule has 3 rings (SSSR count). The standard InChI is InChI=1S/C18H21N3O/c1-20-14-16(13-19-20)17-9-5-6-12-21(17)18(22)11-10-15-7-3-2-4-8-15/h2-4,7-8,10-11,13-14,17H,5-6,9,12H2,1H3. The van der Waals surface area contributed by atoms with E-state index in [4.69, 9.17) is 0 Å². The number of rotatable bonds is 3. The molecule has 0 radical (unpaired) electrons. The zero-order valence-corrected chi connectivity index (χ0v) is 12.9. The van der Waals surface area contributed by atoms with Gasteiger partial charge in [0.15, 0.2) is 0 Å². The average molecular weight is 295 g/mol. The maximum absolute atomic E-state index is 12.6. The predicted octanol–water partition coefficient (Wildman–Crippen LogP) is 3.19. The number of carbonyl (C=O) groups is 1. The van der Waals surface area contributed by atoms with Gasteiger partial charge in [-0.1, -0.05) is 30.3 Å². The summed E-state index contributed by atoms with van der Waals surface area (Å²) in [4.78, 5) is 14.5. The van der Waals surface area contributed by atoms with Gasteiger partial charge in [0, 0.05) is 31.4 Å². The van der Waals surface area contributed by atoms with Gasteiger partial charge in [0.2, 0.25) is 5.91 Å². The molecule has 1 amide bonds. The lowest BCUT2D eigenvalue weighted by atomic mass is 9.97. The van der Waals surface area contributed by atoms with Crippen molar-refractivity contribution >= 4 is 12.0 Å². The zero-order chi connectivity index (χ0) is 15.4. The first-order valence-corrected chi connectivity index (χ1v) is 7.76. The van der Waals surface area contributed by atoms with Crippen LogP contribution in [-0.2, 0) is 11.8 Å². The Morgan fingerprint density at radius 3 is 2.82 bits per heavy atom. The van der Waals surface area contributed by atoms with Crippen LogP contribution >= 0.6 is 0 Å². The number of hydrogen-bond donors (Lipinski definition) is 0. The molecule has 1 unspecified atom stereocenters. The van der Waals surface area contributed by atoms with Gasteiger partial charge in [-0.15, -0.1) is 0 Å². The maximum Gasteiger partial charge on any atom is 0.247 e. The van der Waals surface area contributed by atoms with Gasteiger partial charge in [-0.25, -0.2) is 0 Å². The molecule has 2 heterocycles. The second kappa shape index (κ2) is 6.60. The SMILES string of the molecule is Cn1cc(C2CCCCN2C(=O)C=Cc2ccccc2)cn1. The molecular formula is C18H21N3O. The minimum Gasteiger partial charge on any atom is -0.332 e. The fourth-order valence-corrected chi connectivity index (χ4v) is 2.98. The number of hydrogen-bond acceptors (Lipinski definition) is 2. The van der Waals surface area contributed by atoms with Crippen LogP contribution in [0.5, 0.6) is 0 Å². The molecule has 1 aliphatic heterocycles. The Balaban J connectivity index is 1.75. The van der Waals surface area contributed by atoms with Crippen LogP contribution in [0.4, 0.5) is 0 Å². The molecular weight excluding hydrogens is 274 g/mol. The highest BCUT2D eigenvalue weighted by atomic mass is 16.2. The molecule has 0 saturated carbocycles. The first-order chi connectivity index (χ1) is 10.7. The third kappa shape index (κ3) is 3.27. The summed E-state index contributed by atoms with van der Waals surface area (Å²) in [6.45, 7) is 0.817. The van der Waals surface area contributed by atoms with Crippen molar-refractivity contribution in [2.24, 2.45) is 7.05 Å². The number of aryl methyl sites for hydroxylation is 1. The van der Waals surface area contributed by atoms with Crippen molar-refractivity contribution in [2.75, 3.05) is 6.54 Å². The van der Waals surface area contributed by atoms with Crippen LogP contribution in [0.2, 0.25) is 0 Å². The van der Waals surface area contributed by atoms with E-state index in [9.17, 15) is 4.79 Å². The molecule has 1 aromatic heterocycles. The second-order valence-electron chi connectivity index (χ2n) is 5.73. The van der Waals surface area contributed by atoms with Crippen molar-refractivity contribution in [3.05, 3.63) is 59.9 Å². The van der Waals surface area contributed by atoms with Crippen LogP contribution in [0.25, 0.3) is 6.08 Å². The van der Waals surface area contributed by atoms with Crippen LogP contribution in [-0.4, -0.2) is 27.1 Å². The molecule has 1 atom stereocenters. The molecule has 0 aliphatic carbocycles.